The van der Waals surface area contributed by atoms with Gasteiger partial charge in [-0.05, 0) is 42.3 Å². The van der Waals surface area contributed by atoms with Crippen LogP contribution in [0.2, 0.25) is 10.0 Å². The van der Waals surface area contributed by atoms with Crippen molar-refractivity contribution in [1.29, 1.82) is 0 Å². The zero-order chi connectivity index (χ0) is 19.6. The molecule has 6 nitrogen and oxygen atoms in total. The maximum atomic E-state index is 12.8. The minimum atomic E-state index is -1.24. The van der Waals surface area contributed by atoms with E-state index >= 15 is 0 Å². The molecule has 1 atom stereocenters. The lowest BCUT2D eigenvalue weighted by molar-refractivity contribution is -0.134. The second kappa shape index (κ2) is 7.58. The molecule has 0 bridgehead atoms. The Labute approximate surface area is 166 Å². The van der Waals surface area contributed by atoms with E-state index in [0.717, 1.165) is 10.5 Å². The zero-order valence-corrected chi connectivity index (χ0v) is 16.0. The van der Waals surface area contributed by atoms with Crippen molar-refractivity contribution in [3.8, 4) is 0 Å². The van der Waals surface area contributed by atoms with E-state index in [1.54, 1.807) is 55.5 Å². The second-order valence-electron chi connectivity index (χ2n) is 6.36. The van der Waals surface area contributed by atoms with Gasteiger partial charge in [-0.25, -0.2) is 4.79 Å². The molecule has 2 aromatic carbocycles. The summed E-state index contributed by atoms with van der Waals surface area (Å²) in [4.78, 5) is 38.1. The van der Waals surface area contributed by atoms with Crippen molar-refractivity contribution >= 4 is 41.0 Å². The van der Waals surface area contributed by atoms with Crippen LogP contribution in [0.25, 0.3) is 0 Å². The summed E-state index contributed by atoms with van der Waals surface area (Å²) in [7, 11) is 0. The minimum Gasteiger partial charge on any atom is -0.350 e. The van der Waals surface area contributed by atoms with Crippen LogP contribution in [0.15, 0.2) is 48.5 Å². The molecule has 0 radical (unpaired) electrons. The van der Waals surface area contributed by atoms with Crippen molar-refractivity contribution in [2.24, 2.45) is 0 Å². The summed E-state index contributed by atoms with van der Waals surface area (Å²) in [5.74, 6) is -0.926. The Hall–Kier alpha value is -2.57. The molecule has 1 aliphatic heterocycles. The van der Waals surface area contributed by atoms with E-state index in [1.165, 1.54) is 0 Å². The molecule has 3 rings (SSSR count). The van der Waals surface area contributed by atoms with E-state index in [-0.39, 0.29) is 13.1 Å². The van der Waals surface area contributed by atoms with Gasteiger partial charge in [0.25, 0.3) is 5.91 Å². The number of imide groups is 1. The van der Waals surface area contributed by atoms with Crippen molar-refractivity contribution in [2.75, 3.05) is 6.54 Å². The Balaban J connectivity index is 1.65. The predicted octanol–water partition coefficient (Wildman–Crippen LogP) is 3.08. The summed E-state index contributed by atoms with van der Waals surface area (Å²) in [6.07, 6.45) is 0. The molecule has 1 fully saturated rings. The molecule has 4 amide bonds. The summed E-state index contributed by atoms with van der Waals surface area (Å²) in [5, 5.41) is 6.47. The normalized spacial score (nSPS) is 19.1. The number of carbonyl (C=O) groups is 3. The summed E-state index contributed by atoms with van der Waals surface area (Å²) < 4.78 is 0. The highest BCUT2D eigenvalue weighted by molar-refractivity contribution is 6.30. The number of benzene rings is 2. The monoisotopic (exact) mass is 405 g/mol. The van der Waals surface area contributed by atoms with Gasteiger partial charge < -0.3 is 10.6 Å². The first-order valence-corrected chi connectivity index (χ1v) is 8.96. The van der Waals surface area contributed by atoms with Gasteiger partial charge in [-0.15, -0.1) is 0 Å². The number of nitrogens with one attached hydrogen (secondary N) is 2. The smallest absolute Gasteiger partial charge is 0.325 e. The average molecular weight is 406 g/mol. The van der Waals surface area contributed by atoms with Crippen LogP contribution in [0, 0.1) is 0 Å². The average Bonchev–Trinajstić information content (AvgIpc) is 2.86. The number of urea groups is 1. The number of rotatable bonds is 5. The fraction of sp³-hybridized carbons (Fsp3) is 0.211. The van der Waals surface area contributed by atoms with Gasteiger partial charge in [0, 0.05) is 16.6 Å². The van der Waals surface area contributed by atoms with Crippen LogP contribution in [0.3, 0.4) is 0 Å². The quantitative estimate of drug-likeness (QED) is 0.750. The van der Waals surface area contributed by atoms with Crippen molar-refractivity contribution in [3.63, 3.8) is 0 Å². The standard InChI is InChI=1S/C19H17Cl2N3O3/c1-19(13-4-8-15(21)9-5-13)17(26)24(18(27)23-19)11-16(25)22-10-12-2-6-14(20)7-3-12/h2-9H,10-11H2,1H3,(H,22,25)(H,23,27). The fourth-order valence-corrected chi connectivity index (χ4v) is 3.07. The van der Waals surface area contributed by atoms with Crippen LogP contribution in [-0.2, 0) is 21.7 Å². The van der Waals surface area contributed by atoms with Gasteiger partial charge in [-0.2, -0.15) is 0 Å². The lowest BCUT2D eigenvalue weighted by Gasteiger charge is -2.22. The van der Waals surface area contributed by atoms with Crippen molar-refractivity contribution < 1.29 is 14.4 Å². The summed E-state index contributed by atoms with van der Waals surface area (Å²) in [6, 6.07) is 13.0. The van der Waals surface area contributed by atoms with E-state index in [2.05, 4.69) is 10.6 Å². The highest BCUT2D eigenvalue weighted by Crippen LogP contribution is 2.29. The Morgan fingerprint density at radius 1 is 1.04 bits per heavy atom. The first kappa shape index (κ1) is 19.2. The maximum absolute atomic E-state index is 12.8. The van der Waals surface area contributed by atoms with Crippen LogP contribution < -0.4 is 10.6 Å². The molecule has 0 aliphatic carbocycles. The molecule has 0 saturated carbocycles. The minimum absolute atomic E-state index is 0.272. The Kier molecular flexibility index (Phi) is 5.39. The molecule has 2 N–H and O–H groups in total. The van der Waals surface area contributed by atoms with Crippen molar-refractivity contribution in [2.45, 2.75) is 19.0 Å². The first-order chi connectivity index (χ1) is 12.8. The van der Waals surface area contributed by atoms with E-state index in [0.29, 0.717) is 15.6 Å². The van der Waals surface area contributed by atoms with Gasteiger partial charge in [0.15, 0.2) is 0 Å². The first-order valence-electron chi connectivity index (χ1n) is 8.21. The molecule has 1 unspecified atom stereocenters. The molecule has 0 spiro atoms. The number of hydrogen-bond donors (Lipinski definition) is 2. The van der Waals surface area contributed by atoms with Gasteiger partial charge in [-0.3, -0.25) is 14.5 Å². The molecular weight excluding hydrogens is 389 g/mol. The predicted molar refractivity (Wildman–Crippen MR) is 102 cm³/mol. The number of carbonyl (C=O) groups excluding carboxylic acids is 3. The van der Waals surface area contributed by atoms with E-state index in [1.807, 2.05) is 0 Å². The number of hydrogen-bond acceptors (Lipinski definition) is 3. The number of nitrogens with zero attached hydrogens (tertiary/aromatic N) is 1. The third kappa shape index (κ3) is 4.07. The maximum Gasteiger partial charge on any atom is 0.325 e. The Morgan fingerprint density at radius 2 is 1.59 bits per heavy atom. The van der Waals surface area contributed by atoms with Crippen LogP contribution in [-0.4, -0.2) is 29.3 Å². The molecule has 1 saturated heterocycles. The highest BCUT2D eigenvalue weighted by Gasteiger charge is 2.49. The molecule has 27 heavy (non-hydrogen) atoms. The lowest BCUT2D eigenvalue weighted by Crippen LogP contribution is -2.43. The van der Waals surface area contributed by atoms with Gasteiger partial charge >= 0.3 is 6.03 Å². The fourth-order valence-electron chi connectivity index (χ4n) is 2.82. The molecule has 8 heteroatoms. The largest absolute Gasteiger partial charge is 0.350 e. The van der Waals surface area contributed by atoms with Crippen LogP contribution in [0.4, 0.5) is 4.79 Å². The van der Waals surface area contributed by atoms with Crippen LogP contribution in [0.5, 0.6) is 0 Å². The van der Waals surface area contributed by atoms with Crippen LogP contribution >= 0.6 is 23.2 Å². The Bertz CT molecular complexity index is 884. The molecule has 0 aromatic heterocycles. The van der Waals surface area contributed by atoms with E-state index < -0.39 is 23.4 Å². The molecule has 140 valence electrons. The number of amides is 4. The summed E-state index contributed by atoms with van der Waals surface area (Å²) in [5.41, 5.74) is 0.211. The van der Waals surface area contributed by atoms with Crippen molar-refractivity contribution in [3.05, 3.63) is 69.7 Å². The SMILES string of the molecule is CC1(c2ccc(Cl)cc2)NC(=O)N(CC(=O)NCc2ccc(Cl)cc2)C1=O. The zero-order valence-electron chi connectivity index (χ0n) is 14.5. The van der Waals surface area contributed by atoms with Gasteiger partial charge in [0.2, 0.25) is 5.91 Å². The highest BCUT2D eigenvalue weighted by atomic mass is 35.5. The van der Waals surface area contributed by atoms with Gasteiger partial charge in [0.05, 0.1) is 0 Å². The second-order valence-corrected chi connectivity index (χ2v) is 7.23. The molecular formula is C19H17Cl2N3O3. The van der Waals surface area contributed by atoms with E-state index in [4.69, 9.17) is 23.2 Å². The van der Waals surface area contributed by atoms with Gasteiger partial charge in [-0.1, -0.05) is 47.5 Å². The molecule has 1 heterocycles. The third-order valence-corrected chi connectivity index (χ3v) is 4.91. The topological polar surface area (TPSA) is 78.5 Å². The number of halogens is 2. The summed E-state index contributed by atoms with van der Waals surface area (Å²) >= 11 is 11.7. The Morgan fingerprint density at radius 3 is 2.19 bits per heavy atom. The van der Waals surface area contributed by atoms with Gasteiger partial charge in [0.1, 0.15) is 12.1 Å². The van der Waals surface area contributed by atoms with Crippen LogP contribution in [0.1, 0.15) is 18.1 Å². The summed E-state index contributed by atoms with van der Waals surface area (Å²) in [6.45, 7) is 1.51. The molecule has 2 aromatic rings. The van der Waals surface area contributed by atoms with E-state index in [9.17, 15) is 14.4 Å². The lowest BCUT2D eigenvalue weighted by atomic mass is 9.92. The third-order valence-electron chi connectivity index (χ3n) is 4.40. The van der Waals surface area contributed by atoms with Crippen molar-refractivity contribution in [1.82, 2.24) is 15.5 Å². The molecule has 1 aliphatic rings.